The fourth-order valence-corrected chi connectivity index (χ4v) is 5.80. The molecular formula is C26H27N5OS2. The van der Waals surface area contributed by atoms with Crippen molar-refractivity contribution in [3.63, 3.8) is 0 Å². The molecule has 0 bridgehead atoms. The number of thiazole rings is 1. The van der Waals surface area contributed by atoms with Crippen LogP contribution in [0.3, 0.4) is 0 Å². The third kappa shape index (κ3) is 5.70. The molecule has 0 unspecified atom stereocenters. The van der Waals surface area contributed by atoms with Crippen molar-refractivity contribution in [2.45, 2.75) is 12.8 Å². The van der Waals surface area contributed by atoms with E-state index >= 15 is 0 Å². The topological polar surface area (TPSA) is 61.4 Å². The zero-order valence-electron chi connectivity index (χ0n) is 18.9. The third-order valence-electron chi connectivity index (χ3n) is 5.98. The van der Waals surface area contributed by atoms with Crippen LogP contribution in [0.25, 0.3) is 9.88 Å². The zero-order chi connectivity index (χ0) is 23.2. The van der Waals surface area contributed by atoms with Gasteiger partial charge in [-0.05, 0) is 47.7 Å². The number of para-hydroxylation sites is 2. The molecule has 1 aliphatic rings. The summed E-state index contributed by atoms with van der Waals surface area (Å²) in [5, 5.41) is 8.12. The van der Waals surface area contributed by atoms with Gasteiger partial charge in [-0.25, -0.2) is 4.98 Å². The molecule has 1 aromatic carbocycles. The highest BCUT2D eigenvalue weighted by Crippen LogP contribution is 2.29. The number of pyridine rings is 1. The molecule has 5 rings (SSSR count). The second-order valence-corrected chi connectivity index (χ2v) is 10.1. The van der Waals surface area contributed by atoms with Crippen LogP contribution in [0.5, 0.6) is 0 Å². The molecule has 0 saturated carbocycles. The summed E-state index contributed by atoms with van der Waals surface area (Å²) < 4.78 is 0. The lowest BCUT2D eigenvalue weighted by Crippen LogP contribution is -2.47. The fourth-order valence-electron chi connectivity index (χ4n) is 4.16. The molecule has 1 aliphatic heterocycles. The van der Waals surface area contributed by atoms with Gasteiger partial charge in [-0.15, -0.1) is 22.7 Å². The molecule has 174 valence electrons. The normalized spacial score (nSPS) is 14.3. The molecule has 3 aromatic heterocycles. The lowest BCUT2D eigenvalue weighted by molar-refractivity contribution is -0.115. The summed E-state index contributed by atoms with van der Waals surface area (Å²) in [4.78, 5) is 27.6. The number of amides is 1. The highest BCUT2D eigenvalue weighted by Gasteiger charge is 2.20. The monoisotopic (exact) mass is 489 g/mol. The quantitative estimate of drug-likeness (QED) is 0.385. The molecule has 6 nitrogen and oxygen atoms in total. The Balaban J connectivity index is 1.16. The van der Waals surface area contributed by atoms with Crippen LogP contribution in [-0.4, -0.2) is 53.5 Å². The zero-order valence-corrected chi connectivity index (χ0v) is 20.5. The minimum atomic E-state index is -0.0357. The molecule has 0 radical (unpaired) electrons. The Morgan fingerprint density at radius 3 is 2.59 bits per heavy atom. The lowest BCUT2D eigenvalue weighted by Gasteiger charge is -2.37. The number of hydrogen-bond acceptors (Lipinski definition) is 7. The number of thiophene rings is 1. The van der Waals surface area contributed by atoms with Gasteiger partial charge in [0.1, 0.15) is 5.01 Å². The van der Waals surface area contributed by atoms with Crippen molar-refractivity contribution in [1.29, 1.82) is 0 Å². The molecule has 8 heteroatoms. The Kier molecular flexibility index (Phi) is 7.28. The lowest BCUT2D eigenvalue weighted by atomic mass is 10.1. The summed E-state index contributed by atoms with van der Waals surface area (Å²) in [6.07, 6.45) is 5.03. The largest absolute Gasteiger partial charge is 0.367 e. The number of benzene rings is 1. The average molecular weight is 490 g/mol. The highest BCUT2D eigenvalue weighted by molar-refractivity contribution is 7.20. The van der Waals surface area contributed by atoms with E-state index in [1.807, 2.05) is 47.4 Å². The van der Waals surface area contributed by atoms with Gasteiger partial charge in [0.15, 0.2) is 0 Å². The average Bonchev–Trinajstić information content (AvgIpc) is 3.57. The van der Waals surface area contributed by atoms with Gasteiger partial charge < -0.3 is 10.2 Å². The maximum atomic E-state index is 12.8. The molecule has 0 spiro atoms. The van der Waals surface area contributed by atoms with Crippen molar-refractivity contribution in [3.05, 3.63) is 82.9 Å². The Hall–Kier alpha value is -3.07. The summed E-state index contributed by atoms with van der Waals surface area (Å²) in [6, 6.07) is 16.3. The number of carbonyl (C=O) groups excluding carboxylic acids is 1. The van der Waals surface area contributed by atoms with Crippen LogP contribution in [0, 0.1) is 0 Å². The van der Waals surface area contributed by atoms with Crippen molar-refractivity contribution < 1.29 is 4.79 Å². The number of nitrogens with one attached hydrogen (secondary N) is 1. The van der Waals surface area contributed by atoms with Crippen LogP contribution in [0.15, 0.2) is 71.7 Å². The van der Waals surface area contributed by atoms with Crippen molar-refractivity contribution in [1.82, 2.24) is 14.9 Å². The number of carbonyl (C=O) groups is 1. The van der Waals surface area contributed by atoms with Gasteiger partial charge in [-0.2, -0.15) is 0 Å². The van der Waals surface area contributed by atoms with Crippen LogP contribution in [0.2, 0.25) is 0 Å². The summed E-state index contributed by atoms with van der Waals surface area (Å²) in [7, 11) is 0. The van der Waals surface area contributed by atoms with E-state index in [2.05, 4.69) is 49.4 Å². The first-order chi connectivity index (χ1) is 16.7. The maximum Gasteiger partial charge on any atom is 0.230 e. The molecule has 0 atom stereocenters. The van der Waals surface area contributed by atoms with E-state index in [1.165, 1.54) is 5.56 Å². The van der Waals surface area contributed by atoms with Gasteiger partial charge in [0, 0.05) is 50.5 Å². The van der Waals surface area contributed by atoms with Gasteiger partial charge in [-0.1, -0.05) is 18.2 Å². The Morgan fingerprint density at radius 1 is 0.971 bits per heavy atom. The number of nitrogens with zero attached hydrogens (tertiary/aromatic N) is 4. The molecule has 4 heterocycles. The second-order valence-electron chi connectivity index (χ2n) is 8.30. The van der Waals surface area contributed by atoms with Crippen molar-refractivity contribution in [2.75, 3.05) is 42.9 Å². The molecule has 1 fully saturated rings. The van der Waals surface area contributed by atoms with Gasteiger partial charge >= 0.3 is 0 Å². The van der Waals surface area contributed by atoms with E-state index in [0.717, 1.165) is 66.1 Å². The molecule has 1 N–H and O–H groups in total. The number of rotatable bonds is 8. The third-order valence-corrected chi connectivity index (χ3v) is 7.91. The fraction of sp³-hybridized carbons (Fsp3) is 0.269. The highest BCUT2D eigenvalue weighted by atomic mass is 32.1. The van der Waals surface area contributed by atoms with E-state index in [4.69, 9.17) is 0 Å². The van der Waals surface area contributed by atoms with Crippen molar-refractivity contribution >= 4 is 40.0 Å². The smallest absolute Gasteiger partial charge is 0.230 e. The Bertz CT molecular complexity index is 1200. The molecule has 1 amide bonds. The Labute approximate surface area is 207 Å². The van der Waals surface area contributed by atoms with Crippen molar-refractivity contribution in [3.8, 4) is 9.88 Å². The molecule has 1 saturated heterocycles. The van der Waals surface area contributed by atoms with Crippen LogP contribution < -0.4 is 10.2 Å². The summed E-state index contributed by atoms with van der Waals surface area (Å²) in [6.45, 7) is 4.96. The van der Waals surface area contributed by atoms with Gasteiger partial charge in [0.2, 0.25) is 5.91 Å². The number of aromatic nitrogens is 2. The van der Waals surface area contributed by atoms with E-state index < -0.39 is 0 Å². The standard InChI is InChI=1S/C26H27N5OS2/c32-25(18-21-19-34-26(28-21)24-6-3-17-33-24)29-22-4-1-2-5-23(22)31-15-13-30(14-16-31)12-9-20-7-10-27-11-8-20/h1-8,10-11,17,19H,9,12-16,18H2,(H,29,32). The molecule has 34 heavy (non-hydrogen) atoms. The number of hydrogen-bond donors (Lipinski definition) is 1. The molecule has 4 aromatic rings. The first-order valence-electron chi connectivity index (χ1n) is 11.5. The predicted molar refractivity (Wildman–Crippen MR) is 141 cm³/mol. The molecular weight excluding hydrogens is 462 g/mol. The SMILES string of the molecule is O=C(Cc1csc(-c2cccs2)n1)Nc1ccccc1N1CCN(CCc2ccncc2)CC1. The summed E-state index contributed by atoms with van der Waals surface area (Å²) >= 11 is 3.25. The van der Waals surface area contributed by atoms with Crippen LogP contribution >= 0.6 is 22.7 Å². The first-order valence-corrected chi connectivity index (χ1v) is 13.2. The van der Waals surface area contributed by atoms with Gasteiger partial charge in [0.05, 0.1) is 28.4 Å². The van der Waals surface area contributed by atoms with Gasteiger partial charge in [0.25, 0.3) is 0 Å². The van der Waals surface area contributed by atoms with Crippen LogP contribution in [-0.2, 0) is 17.6 Å². The van der Waals surface area contributed by atoms with Gasteiger partial charge in [-0.3, -0.25) is 14.7 Å². The predicted octanol–water partition coefficient (Wildman–Crippen LogP) is 4.81. The minimum Gasteiger partial charge on any atom is -0.367 e. The maximum absolute atomic E-state index is 12.8. The van der Waals surface area contributed by atoms with E-state index in [9.17, 15) is 4.79 Å². The Morgan fingerprint density at radius 2 is 1.79 bits per heavy atom. The number of anilines is 2. The molecule has 0 aliphatic carbocycles. The van der Waals surface area contributed by atoms with Crippen LogP contribution in [0.1, 0.15) is 11.3 Å². The van der Waals surface area contributed by atoms with E-state index in [-0.39, 0.29) is 12.3 Å². The van der Waals surface area contributed by atoms with E-state index in [0.29, 0.717) is 0 Å². The minimum absolute atomic E-state index is 0.0357. The second kappa shape index (κ2) is 10.9. The van der Waals surface area contributed by atoms with E-state index in [1.54, 1.807) is 22.7 Å². The van der Waals surface area contributed by atoms with Crippen LogP contribution in [0.4, 0.5) is 11.4 Å². The summed E-state index contributed by atoms with van der Waals surface area (Å²) in [5.74, 6) is -0.0357. The first kappa shape index (κ1) is 22.7. The van der Waals surface area contributed by atoms with Crippen molar-refractivity contribution in [2.24, 2.45) is 0 Å². The summed E-state index contributed by atoms with van der Waals surface area (Å²) in [5.41, 5.74) is 4.09. The number of piperazine rings is 1.